The average Bonchev–Trinajstić information content (AvgIpc) is 3.54. The van der Waals surface area contributed by atoms with Crippen LogP contribution in [0.4, 0.5) is 11.5 Å². The number of piperidine rings is 2. The maximum absolute atomic E-state index is 4.77. The zero-order valence-electron chi connectivity index (χ0n) is 23.4. The van der Waals surface area contributed by atoms with E-state index in [0.29, 0.717) is 24.7 Å². The molecule has 40 heavy (non-hydrogen) atoms. The van der Waals surface area contributed by atoms with Crippen LogP contribution in [0.3, 0.4) is 0 Å². The molecule has 208 valence electrons. The molecular formula is C32H40N8. The van der Waals surface area contributed by atoms with Crippen LogP contribution in [0, 0.1) is 0 Å². The van der Waals surface area contributed by atoms with Crippen LogP contribution in [0.1, 0.15) is 56.2 Å². The Hall–Kier alpha value is -3.49. The van der Waals surface area contributed by atoms with Crippen molar-refractivity contribution in [1.29, 1.82) is 0 Å². The lowest BCUT2D eigenvalue weighted by Crippen LogP contribution is -2.43. The summed E-state index contributed by atoms with van der Waals surface area (Å²) in [4.78, 5) is 22.6. The molecule has 1 aromatic carbocycles. The number of hydrogen-bond acceptors (Lipinski definition) is 7. The van der Waals surface area contributed by atoms with Crippen molar-refractivity contribution in [3.8, 4) is 11.3 Å². The van der Waals surface area contributed by atoms with Crippen LogP contribution in [0.25, 0.3) is 22.3 Å². The quantitative estimate of drug-likeness (QED) is 0.280. The molecule has 4 aromatic rings. The fourth-order valence-electron chi connectivity index (χ4n) is 7.13. The van der Waals surface area contributed by atoms with Gasteiger partial charge in [-0.2, -0.15) is 0 Å². The van der Waals surface area contributed by atoms with Crippen LogP contribution >= 0.6 is 0 Å². The molecule has 3 saturated heterocycles. The van der Waals surface area contributed by atoms with Crippen molar-refractivity contribution in [3.05, 3.63) is 66.2 Å². The molecule has 3 atom stereocenters. The fraction of sp³-hybridized carbons (Fsp3) is 0.469. The fourth-order valence-corrected chi connectivity index (χ4v) is 7.13. The summed E-state index contributed by atoms with van der Waals surface area (Å²) in [6.45, 7) is 3.97. The number of nitrogens with zero attached hydrogens (tertiary/aromatic N) is 5. The van der Waals surface area contributed by atoms with Gasteiger partial charge in [0.1, 0.15) is 17.8 Å². The van der Waals surface area contributed by atoms with Gasteiger partial charge in [-0.05, 0) is 100.0 Å². The number of rotatable bonds is 8. The van der Waals surface area contributed by atoms with E-state index in [0.717, 1.165) is 52.6 Å². The van der Waals surface area contributed by atoms with Gasteiger partial charge in [-0.3, -0.25) is 9.88 Å². The van der Waals surface area contributed by atoms with Crippen LogP contribution in [-0.4, -0.2) is 63.1 Å². The molecule has 0 saturated carbocycles. The number of fused-ring (bicyclic) bond motifs is 3. The Morgan fingerprint density at radius 2 is 1.77 bits per heavy atom. The van der Waals surface area contributed by atoms with E-state index in [1.165, 1.54) is 57.1 Å². The van der Waals surface area contributed by atoms with Crippen molar-refractivity contribution in [2.24, 2.45) is 0 Å². The molecule has 3 fully saturated rings. The normalized spacial score (nSPS) is 23.1. The molecule has 3 aliphatic heterocycles. The van der Waals surface area contributed by atoms with Crippen molar-refractivity contribution in [3.63, 3.8) is 0 Å². The number of anilines is 2. The van der Waals surface area contributed by atoms with Crippen molar-refractivity contribution in [1.82, 2.24) is 30.2 Å². The minimum atomic E-state index is 0.601. The van der Waals surface area contributed by atoms with Crippen molar-refractivity contribution < 1.29 is 0 Å². The molecule has 7 rings (SSSR count). The maximum atomic E-state index is 4.77. The van der Waals surface area contributed by atoms with Crippen LogP contribution in [0.5, 0.6) is 0 Å². The van der Waals surface area contributed by atoms with Gasteiger partial charge in [-0.15, -0.1) is 0 Å². The third kappa shape index (κ3) is 5.18. The lowest BCUT2D eigenvalue weighted by Gasteiger charge is -2.36. The number of nitrogens with one attached hydrogen (secondary N) is 3. The van der Waals surface area contributed by atoms with E-state index < -0.39 is 0 Å². The number of likely N-dealkylation sites (N-methyl/N-ethyl adjacent to an activating group) is 1. The van der Waals surface area contributed by atoms with Gasteiger partial charge in [0.15, 0.2) is 0 Å². The third-order valence-electron chi connectivity index (χ3n) is 9.21. The molecule has 8 nitrogen and oxygen atoms in total. The van der Waals surface area contributed by atoms with E-state index in [1.54, 1.807) is 6.33 Å². The van der Waals surface area contributed by atoms with E-state index in [-0.39, 0.29) is 0 Å². The Balaban J connectivity index is 1.01. The van der Waals surface area contributed by atoms with Gasteiger partial charge in [0.2, 0.25) is 0 Å². The predicted octanol–water partition coefficient (Wildman–Crippen LogP) is 5.34. The Morgan fingerprint density at radius 3 is 2.60 bits per heavy atom. The molecule has 3 N–H and O–H groups in total. The molecule has 3 unspecified atom stereocenters. The first-order valence-corrected chi connectivity index (χ1v) is 15.0. The van der Waals surface area contributed by atoms with Gasteiger partial charge in [-0.1, -0.05) is 12.1 Å². The number of hydrogen-bond donors (Lipinski definition) is 3. The van der Waals surface area contributed by atoms with Gasteiger partial charge in [-0.25, -0.2) is 9.97 Å². The summed E-state index contributed by atoms with van der Waals surface area (Å²) >= 11 is 0. The number of likely N-dealkylation sites (tertiary alicyclic amines) is 1. The topological polar surface area (TPSA) is 85.0 Å². The Morgan fingerprint density at radius 1 is 0.925 bits per heavy atom. The summed E-state index contributed by atoms with van der Waals surface area (Å²) in [5, 5.41) is 8.13. The Labute approximate surface area is 236 Å². The van der Waals surface area contributed by atoms with Crippen LogP contribution < -0.4 is 15.5 Å². The molecule has 0 aliphatic carbocycles. The van der Waals surface area contributed by atoms with E-state index in [9.17, 15) is 0 Å². The SMILES string of the molecule is CNC1CCCN(Cc2ccnc(CNc3ccc(-c4cc5c(N6C7CCCC6CC7)ncnc5[nH]4)cc3)c2)C1. The number of aromatic nitrogens is 4. The molecule has 8 heteroatoms. The highest BCUT2D eigenvalue weighted by Gasteiger charge is 2.38. The third-order valence-corrected chi connectivity index (χ3v) is 9.21. The van der Waals surface area contributed by atoms with Gasteiger partial charge in [0.05, 0.1) is 17.6 Å². The second kappa shape index (κ2) is 11.2. The second-order valence-electron chi connectivity index (χ2n) is 11.8. The first kappa shape index (κ1) is 25.5. The average molecular weight is 537 g/mol. The number of aromatic amines is 1. The molecule has 0 radical (unpaired) electrons. The first-order valence-electron chi connectivity index (χ1n) is 15.0. The molecule has 2 bridgehead atoms. The van der Waals surface area contributed by atoms with E-state index >= 15 is 0 Å². The minimum Gasteiger partial charge on any atom is -0.379 e. The van der Waals surface area contributed by atoms with Crippen molar-refractivity contribution >= 4 is 22.5 Å². The highest BCUT2D eigenvalue weighted by molar-refractivity contribution is 5.92. The second-order valence-corrected chi connectivity index (χ2v) is 11.8. The minimum absolute atomic E-state index is 0.601. The molecule has 6 heterocycles. The van der Waals surface area contributed by atoms with Gasteiger partial charge in [0.25, 0.3) is 0 Å². The molecule has 3 aliphatic rings. The highest BCUT2D eigenvalue weighted by atomic mass is 15.3. The van der Waals surface area contributed by atoms with Crippen LogP contribution in [-0.2, 0) is 13.1 Å². The molecular weight excluding hydrogens is 496 g/mol. The summed E-state index contributed by atoms with van der Waals surface area (Å²) in [6, 6.07) is 17.1. The number of benzene rings is 1. The van der Waals surface area contributed by atoms with Crippen LogP contribution in [0.2, 0.25) is 0 Å². The van der Waals surface area contributed by atoms with E-state index in [4.69, 9.17) is 4.98 Å². The molecule has 0 spiro atoms. The largest absolute Gasteiger partial charge is 0.379 e. The Kier molecular flexibility index (Phi) is 7.12. The summed E-state index contributed by atoms with van der Waals surface area (Å²) in [7, 11) is 2.07. The predicted molar refractivity (Wildman–Crippen MR) is 161 cm³/mol. The van der Waals surface area contributed by atoms with Crippen molar-refractivity contribution in [2.45, 2.75) is 76.2 Å². The monoisotopic (exact) mass is 536 g/mol. The Bertz CT molecular complexity index is 1430. The molecule has 0 amide bonds. The van der Waals surface area contributed by atoms with E-state index in [1.807, 2.05) is 6.20 Å². The molecule has 3 aromatic heterocycles. The first-order chi connectivity index (χ1) is 19.7. The highest BCUT2D eigenvalue weighted by Crippen LogP contribution is 2.41. The smallest absolute Gasteiger partial charge is 0.143 e. The zero-order chi connectivity index (χ0) is 26.9. The van der Waals surface area contributed by atoms with Gasteiger partial charge < -0.3 is 20.5 Å². The lowest BCUT2D eigenvalue weighted by atomic mass is 10.0. The summed E-state index contributed by atoms with van der Waals surface area (Å²) in [5.74, 6) is 1.11. The number of H-pyrrole nitrogens is 1. The summed E-state index contributed by atoms with van der Waals surface area (Å²) in [6.07, 6.45) is 12.7. The van der Waals surface area contributed by atoms with E-state index in [2.05, 4.69) is 84.9 Å². The summed E-state index contributed by atoms with van der Waals surface area (Å²) < 4.78 is 0. The zero-order valence-corrected chi connectivity index (χ0v) is 23.4. The van der Waals surface area contributed by atoms with Gasteiger partial charge >= 0.3 is 0 Å². The van der Waals surface area contributed by atoms with Crippen molar-refractivity contribution in [2.75, 3.05) is 30.4 Å². The standard InChI is InChI=1S/C32H40N8/c1-33-25-4-3-15-39(20-25)19-22-13-14-34-26(16-22)18-35-24-9-7-23(8-10-24)30-17-29-31(38-30)36-21-37-32(29)40-27-5-2-6-28(40)12-11-27/h7-10,13-14,16-17,21,25,27-28,33,35H,2-6,11-12,15,18-20H2,1H3,(H,36,37,38). The summed E-state index contributed by atoms with van der Waals surface area (Å²) in [5.41, 5.74) is 6.64. The number of pyridine rings is 1. The van der Waals surface area contributed by atoms with Crippen LogP contribution in [0.15, 0.2) is 55.0 Å². The van der Waals surface area contributed by atoms with Gasteiger partial charge in [0, 0.05) is 48.8 Å². The maximum Gasteiger partial charge on any atom is 0.143 e. The lowest BCUT2D eigenvalue weighted by molar-refractivity contribution is 0.188.